The molecule has 3 aromatic rings. The summed E-state index contributed by atoms with van der Waals surface area (Å²) in [6, 6.07) is 11.8. The van der Waals surface area contributed by atoms with Crippen LogP contribution in [0.4, 0.5) is 5.69 Å². The first-order chi connectivity index (χ1) is 17.8. The number of carbonyl (C=O) groups excluding carboxylic acids is 3. The molecule has 0 saturated carbocycles. The second kappa shape index (κ2) is 12.4. The first-order valence-corrected chi connectivity index (χ1v) is 13.4. The summed E-state index contributed by atoms with van der Waals surface area (Å²) in [6.45, 7) is 3.21. The van der Waals surface area contributed by atoms with Crippen LogP contribution < -0.4 is 5.32 Å². The standard InChI is InChI=1S/C27H25Cl2N3O4S/c1-2-36-27(35)18-3-6-20(7-4-18)30-24(33)9-10-25(34)32-13-11-17(12-14-32)26-31-23(16-37-26)19-5-8-21(28)22(29)15-19/h3-10,15-17H,2,11-14H2,1H3,(H,30,33). The fraction of sp³-hybridized carbons (Fsp3) is 0.259. The molecule has 1 aliphatic heterocycles. The van der Waals surface area contributed by atoms with E-state index in [0.29, 0.717) is 41.0 Å². The third-order valence-electron chi connectivity index (χ3n) is 5.93. The van der Waals surface area contributed by atoms with Gasteiger partial charge in [0.15, 0.2) is 0 Å². The normalized spacial score (nSPS) is 14.1. The predicted molar refractivity (Wildman–Crippen MR) is 146 cm³/mol. The van der Waals surface area contributed by atoms with Gasteiger partial charge in [-0.2, -0.15) is 0 Å². The molecule has 0 aliphatic carbocycles. The molecule has 2 aromatic carbocycles. The summed E-state index contributed by atoms with van der Waals surface area (Å²) in [4.78, 5) is 43.1. The maximum absolute atomic E-state index is 12.6. The molecule has 0 radical (unpaired) electrons. The van der Waals surface area contributed by atoms with Crippen LogP contribution in [0.3, 0.4) is 0 Å². The Morgan fingerprint density at radius 3 is 2.49 bits per heavy atom. The molecule has 0 unspecified atom stereocenters. The predicted octanol–water partition coefficient (Wildman–Crippen LogP) is 6.19. The third kappa shape index (κ3) is 6.97. The van der Waals surface area contributed by atoms with Crippen molar-refractivity contribution in [1.29, 1.82) is 0 Å². The average molecular weight is 558 g/mol. The van der Waals surface area contributed by atoms with Gasteiger partial charge in [0.25, 0.3) is 0 Å². The van der Waals surface area contributed by atoms with Gasteiger partial charge in [0.2, 0.25) is 11.8 Å². The summed E-state index contributed by atoms with van der Waals surface area (Å²) in [5, 5.41) is 6.73. The first kappa shape index (κ1) is 26.9. The summed E-state index contributed by atoms with van der Waals surface area (Å²) in [7, 11) is 0. The Balaban J connectivity index is 1.26. The van der Waals surface area contributed by atoms with Gasteiger partial charge in [0.1, 0.15) is 0 Å². The molecule has 1 aromatic heterocycles. The summed E-state index contributed by atoms with van der Waals surface area (Å²) in [6.07, 6.45) is 4.10. The molecule has 1 fully saturated rings. The van der Waals surface area contributed by atoms with Crippen LogP contribution in [-0.2, 0) is 14.3 Å². The molecule has 1 saturated heterocycles. The number of piperidine rings is 1. The number of rotatable bonds is 7. The van der Waals surface area contributed by atoms with Crippen molar-refractivity contribution in [2.45, 2.75) is 25.7 Å². The zero-order chi connectivity index (χ0) is 26.4. The van der Waals surface area contributed by atoms with Crippen LogP contribution in [0.5, 0.6) is 0 Å². The monoisotopic (exact) mass is 557 g/mol. The first-order valence-electron chi connectivity index (χ1n) is 11.8. The molecule has 37 heavy (non-hydrogen) atoms. The molecule has 7 nitrogen and oxygen atoms in total. The molecule has 0 spiro atoms. The maximum Gasteiger partial charge on any atom is 0.338 e. The lowest BCUT2D eigenvalue weighted by Crippen LogP contribution is -2.37. The number of halogens is 2. The Morgan fingerprint density at radius 2 is 1.81 bits per heavy atom. The summed E-state index contributed by atoms with van der Waals surface area (Å²) in [5.74, 6) is -0.779. The highest BCUT2D eigenvalue weighted by Crippen LogP contribution is 2.34. The maximum atomic E-state index is 12.6. The molecule has 1 N–H and O–H groups in total. The molecule has 4 rings (SSSR count). The van der Waals surface area contributed by atoms with Gasteiger partial charge in [-0.15, -0.1) is 11.3 Å². The third-order valence-corrected chi connectivity index (χ3v) is 7.68. The number of likely N-dealkylation sites (tertiary alicyclic amines) is 1. The molecule has 2 heterocycles. The number of nitrogens with zero attached hydrogens (tertiary/aromatic N) is 2. The lowest BCUT2D eigenvalue weighted by Gasteiger charge is -2.30. The van der Waals surface area contributed by atoms with E-state index in [1.54, 1.807) is 53.5 Å². The van der Waals surface area contributed by atoms with E-state index < -0.39 is 11.9 Å². The van der Waals surface area contributed by atoms with Crippen molar-refractivity contribution in [2.24, 2.45) is 0 Å². The van der Waals surface area contributed by atoms with Gasteiger partial charge in [-0.1, -0.05) is 29.3 Å². The van der Waals surface area contributed by atoms with Crippen LogP contribution in [-0.4, -0.2) is 47.4 Å². The molecular formula is C27H25Cl2N3O4S. The van der Waals surface area contributed by atoms with Crippen molar-refractivity contribution < 1.29 is 19.1 Å². The lowest BCUT2D eigenvalue weighted by molar-refractivity contribution is -0.127. The minimum atomic E-state index is -0.426. The zero-order valence-electron chi connectivity index (χ0n) is 20.1. The number of aromatic nitrogens is 1. The highest BCUT2D eigenvalue weighted by atomic mass is 35.5. The number of nitrogens with one attached hydrogen (secondary N) is 1. The van der Waals surface area contributed by atoms with E-state index in [2.05, 4.69) is 5.32 Å². The van der Waals surface area contributed by atoms with Crippen molar-refractivity contribution in [3.05, 3.63) is 80.6 Å². The number of thiazole rings is 1. The Morgan fingerprint density at radius 1 is 1.08 bits per heavy atom. The number of hydrogen-bond donors (Lipinski definition) is 1. The molecule has 1 aliphatic rings. The van der Waals surface area contributed by atoms with Crippen LogP contribution in [0.2, 0.25) is 10.0 Å². The van der Waals surface area contributed by atoms with Crippen molar-refractivity contribution in [3.63, 3.8) is 0 Å². The Hall–Kier alpha value is -3.20. The zero-order valence-corrected chi connectivity index (χ0v) is 22.4. The van der Waals surface area contributed by atoms with Crippen molar-refractivity contribution in [3.8, 4) is 11.3 Å². The van der Waals surface area contributed by atoms with Crippen LogP contribution in [0.25, 0.3) is 11.3 Å². The molecule has 2 amide bonds. The SMILES string of the molecule is CCOC(=O)c1ccc(NC(=O)C=CC(=O)N2CCC(c3nc(-c4ccc(Cl)c(Cl)c4)cs3)CC2)cc1. The van der Waals surface area contributed by atoms with E-state index in [4.69, 9.17) is 32.9 Å². The summed E-state index contributed by atoms with van der Waals surface area (Å²) >= 11 is 13.8. The highest BCUT2D eigenvalue weighted by Gasteiger charge is 2.25. The van der Waals surface area contributed by atoms with Crippen LogP contribution in [0.1, 0.15) is 41.0 Å². The van der Waals surface area contributed by atoms with E-state index in [1.807, 2.05) is 17.5 Å². The largest absolute Gasteiger partial charge is 0.462 e. The van der Waals surface area contributed by atoms with Gasteiger partial charge in [0, 0.05) is 47.8 Å². The lowest BCUT2D eigenvalue weighted by atomic mass is 9.97. The van der Waals surface area contributed by atoms with Gasteiger partial charge in [-0.05, 0) is 56.2 Å². The number of carbonyl (C=O) groups is 3. The van der Waals surface area contributed by atoms with E-state index >= 15 is 0 Å². The fourth-order valence-corrected chi connectivity index (χ4v) is 5.25. The van der Waals surface area contributed by atoms with Gasteiger partial charge in [-0.25, -0.2) is 9.78 Å². The van der Waals surface area contributed by atoms with Crippen molar-refractivity contribution >= 4 is 58.0 Å². The Labute approximate surface area is 229 Å². The van der Waals surface area contributed by atoms with Gasteiger partial charge >= 0.3 is 5.97 Å². The minimum Gasteiger partial charge on any atom is -0.462 e. The van der Waals surface area contributed by atoms with Gasteiger partial charge < -0.3 is 15.0 Å². The molecule has 0 bridgehead atoms. The molecule has 192 valence electrons. The summed E-state index contributed by atoms with van der Waals surface area (Å²) in [5.41, 5.74) is 2.70. The molecule has 0 atom stereocenters. The Kier molecular flexibility index (Phi) is 8.97. The van der Waals surface area contributed by atoms with Crippen LogP contribution in [0.15, 0.2) is 60.0 Å². The van der Waals surface area contributed by atoms with Gasteiger partial charge in [0.05, 0.1) is 32.9 Å². The number of esters is 1. The van der Waals surface area contributed by atoms with E-state index in [0.717, 1.165) is 29.1 Å². The highest BCUT2D eigenvalue weighted by molar-refractivity contribution is 7.10. The van der Waals surface area contributed by atoms with E-state index in [1.165, 1.54) is 12.2 Å². The Bertz CT molecular complexity index is 1320. The van der Waals surface area contributed by atoms with Crippen LogP contribution >= 0.6 is 34.5 Å². The molecule has 10 heteroatoms. The number of benzene rings is 2. The van der Waals surface area contributed by atoms with Crippen LogP contribution in [0, 0.1) is 0 Å². The van der Waals surface area contributed by atoms with E-state index in [-0.39, 0.29) is 11.8 Å². The quantitative estimate of drug-likeness (QED) is 0.276. The number of amides is 2. The van der Waals surface area contributed by atoms with Gasteiger partial charge in [-0.3, -0.25) is 9.59 Å². The second-order valence-electron chi connectivity index (χ2n) is 8.42. The minimum absolute atomic E-state index is 0.207. The number of anilines is 1. The average Bonchev–Trinajstić information content (AvgIpc) is 3.40. The van der Waals surface area contributed by atoms with Crippen molar-refractivity contribution in [1.82, 2.24) is 9.88 Å². The number of hydrogen-bond acceptors (Lipinski definition) is 6. The smallest absolute Gasteiger partial charge is 0.338 e. The molecular weight excluding hydrogens is 533 g/mol. The summed E-state index contributed by atoms with van der Waals surface area (Å²) < 4.78 is 4.94. The number of ether oxygens (including phenoxy) is 1. The topological polar surface area (TPSA) is 88.6 Å². The fourth-order valence-electron chi connectivity index (χ4n) is 3.95. The second-order valence-corrected chi connectivity index (χ2v) is 10.1. The van der Waals surface area contributed by atoms with E-state index in [9.17, 15) is 14.4 Å². The van der Waals surface area contributed by atoms with Crippen molar-refractivity contribution in [2.75, 3.05) is 25.0 Å².